The van der Waals surface area contributed by atoms with Gasteiger partial charge < -0.3 is 15.0 Å². The van der Waals surface area contributed by atoms with Crippen LogP contribution in [0, 0.1) is 5.92 Å². The highest BCUT2D eigenvalue weighted by Crippen LogP contribution is 2.33. The van der Waals surface area contributed by atoms with Crippen LogP contribution in [0.5, 0.6) is 5.75 Å². The molecule has 3 rings (SSSR count). The third-order valence-electron chi connectivity index (χ3n) is 5.39. The Morgan fingerprint density at radius 3 is 2.41 bits per heavy atom. The van der Waals surface area contributed by atoms with Gasteiger partial charge in [-0.3, -0.25) is 9.59 Å². The highest BCUT2D eigenvalue weighted by atomic mass is 79.9. The Kier molecular flexibility index (Phi) is 6.94. The minimum atomic E-state index is -0.126. The van der Waals surface area contributed by atoms with Crippen LogP contribution in [0.2, 0.25) is 0 Å². The second-order valence-electron chi connectivity index (χ2n) is 7.21. The maximum atomic E-state index is 13.2. The number of nitrogens with zero attached hydrogens (tertiary/aromatic N) is 1. The van der Waals surface area contributed by atoms with Crippen LogP contribution in [0.3, 0.4) is 0 Å². The SMILES string of the molecule is COc1ccccc1C(Br)=C(NC(=O)C1CCCC1)C(=O)N1CCCCC1. The predicted octanol–water partition coefficient (Wildman–Crippen LogP) is 4.08. The van der Waals surface area contributed by atoms with Crippen molar-refractivity contribution >= 4 is 32.2 Å². The first-order valence-electron chi connectivity index (χ1n) is 9.75. The van der Waals surface area contributed by atoms with Crippen molar-refractivity contribution in [2.45, 2.75) is 44.9 Å². The van der Waals surface area contributed by atoms with Gasteiger partial charge in [0.1, 0.15) is 11.4 Å². The number of rotatable bonds is 5. The van der Waals surface area contributed by atoms with E-state index in [9.17, 15) is 9.59 Å². The van der Waals surface area contributed by atoms with Crippen LogP contribution in [0.25, 0.3) is 4.48 Å². The molecule has 0 unspecified atom stereocenters. The van der Waals surface area contributed by atoms with Crippen molar-refractivity contribution in [3.63, 3.8) is 0 Å². The molecule has 1 saturated carbocycles. The summed E-state index contributed by atoms with van der Waals surface area (Å²) in [5.41, 5.74) is 1.07. The normalized spacial score (nSPS) is 18.8. The van der Waals surface area contributed by atoms with Crippen molar-refractivity contribution in [2.75, 3.05) is 20.2 Å². The molecule has 1 aliphatic carbocycles. The summed E-state index contributed by atoms with van der Waals surface area (Å²) in [7, 11) is 1.60. The van der Waals surface area contributed by atoms with E-state index in [1.807, 2.05) is 29.2 Å². The molecule has 5 nitrogen and oxygen atoms in total. The number of amides is 2. The van der Waals surface area contributed by atoms with Gasteiger partial charge in [0, 0.05) is 24.6 Å². The van der Waals surface area contributed by atoms with Gasteiger partial charge in [-0.25, -0.2) is 0 Å². The number of likely N-dealkylation sites (tertiary alicyclic amines) is 1. The minimum absolute atomic E-state index is 0.00729. The van der Waals surface area contributed by atoms with Gasteiger partial charge in [-0.15, -0.1) is 0 Å². The number of hydrogen-bond donors (Lipinski definition) is 1. The molecule has 0 aromatic heterocycles. The molecular weight excluding hydrogens is 408 g/mol. The average Bonchev–Trinajstić information content (AvgIpc) is 3.26. The molecule has 2 amide bonds. The lowest BCUT2D eigenvalue weighted by atomic mass is 10.1. The van der Waals surface area contributed by atoms with Crippen molar-refractivity contribution in [3.8, 4) is 5.75 Å². The molecule has 1 aliphatic heterocycles. The fraction of sp³-hybridized carbons (Fsp3) is 0.524. The molecule has 1 aromatic carbocycles. The van der Waals surface area contributed by atoms with E-state index in [1.54, 1.807) is 7.11 Å². The maximum absolute atomic E-state index is 13.2. The Morgan fingerprint density at radius 1 is 1.07 bits per heavy atom. The third kappa shape index (κ3) is 4.72. The molecule has 1 aromatic rings. The average molecular weight is 435 g/mol. The van der Waals surface area contributed by atoms with Crippen molar-refractivity contribution < 1.29 is 14.3 Å². The number of carbonyl (C=O) groups is 2. The Balaban J connectivity index is 1.94. The van der Waals surface area contributed by atoms with Crippen LogP contribution in [0.4, 0.5) is 0 Å². The van der Waals surface area contributed by atoms with Crippen molar-refractivity contribution in [2.24, 2.45) is 5.92 Å². The molecule has 0 bridgehead atoms. The van der Waals surface area contributed by atoms with Gasteiger partial charge in [0.25, 0.3) is 5.91 Å². The third-order valence-corrected chi connectivity index (χ3v) is 6.22. The van der Waals surface area contributed by atoms with E-state index in [-0.39, 0.29) is 17.7 Å². The van der Waals surface area contributed by atoms with Crippen molar-refractivity contribution in [3.05, 3.63) is 35.5 Å². The summed E-state index contributed by atoms with van der Waals surface area (Å²) in [5, 5.41) is 2.95. The topological polar surface area (TPSA) is 58.6 Å². The largest absolute Gasteiger partial charge is 0.496 e. The molecule has 0 atom stereocenters. The van der Waals surface area contributed by atoms with Crippen molar-refractivity contribution in [1.29, 1.82) is 0 Å². The molecular formula is C21H27BrN2O3. The van der Waals surface area contributed by atoms with E-state index in [0.29, 0.717) is 15.9 Å². The Morgan fingerprint density at radius 2 is 1.74 bits per heavy atom. The fourth-order valence-electron chi connectivity index (χ4n) is 3.83. The van der Waals surface area contributed by atoms with Crippen LogP contribution in [-0.2, 0) is 9.59 Å². The molecule has 146 valence electrons. The van der Waals surface area contributed by atoms with Gasteiger partial charge >= 0.3 is 0 Å². The summed E-state index contributed by atoms with van der Waals surface area (Å²) in [6.45, 7) is 1.46. The standard InChI is InChI=1S/C21H27BrN2O3/c1-27-17-12-6-5-11-16(17)18(22)19(21(26)24-13-7-2-8-14-24)23-20(25)15-9-3-4-10-15/h5-6,11-12,15H,2-4,7-10,13-14H2,1H3,(H,23,25). The lowest BCUT2D eigenvalue weighted by Gasteiger charge is -2.28. The molecule has 1 heterocycles. The van der Waals surface area contributed by atoms with E-state index in [4.69, 9.17) is 4.74 Å². The van der Waals surface area contributed by atoms with E-state index in [1.165, 1.54) is 0 Å². The van der Waals surface area contributed by atoms with E-state index in [2.05, 4.69) is 21.2 Å². The quantitative estimate of drug-likeness (QED) is 0.710. The molecule has 1 saturated heterocycles. The summed E-state index contributed by atoms with van der Waals surface area (Å²) in [4.78, 5) is 27.8. The van der Waals surface area contributed by atoms with Crippen LogP contribution >= 0.6 is 15.9 Å². The second-order valence-corrected chi connectivity index (χ2v) is 8.01. The Hall–Kier alpha value is -1.82. The first-order chi connectivity index (χ1) is 13.1. The van der Waals surface area contributed by atoms with E-state index < -0.39 is 0 Å². The number of carbonyl (C=O) groups excluding carboxylic acids is 2. The number of ether oxygens (including phenoxy) is 1. The number of benzene rings is 1. The number of hydrogen-bond acceptors (Lipinski definition) is 3. The second kappa shape index (κ2) is 9.40. The molecule has 0 radical (unpaired) electrons. The molecule has 0 spiro atoms. The number of nitrogens with one attached hydrogen (secondary N) is 1. The smallest absolute Gasteiger partial charge is 0.271 e. The van der Waals surface area contributed by atoms with Gasteiger partial charge in [-0.2, -0.15) is 0 Å². The first-order valence-corrected chi connectivity index (χ1v) is 10.5. The highest BCUT2D eigenvalue weighted by Gasteiger charge is 2.29. The lowest BCUT2D eigenvalue weighted by Crippen LogP contribution is -2.42. The molecule has 27 heavy (non-hydrogen) atoms. The number of para-hydroxylation sites is 1. The van der Waals surface area contributed by atoms with Gasteiger partial charge in [-0.05, 0) is 54.1 Å². The first kappa shape index (κ1) is 19.9. The zero-order chi connectivity index (χ0) is 19.2. The van der Waals surface area contributed by atoms with Crippen molar-refractivity contribution in [1.82, 2.24) is 10.2 Å². The van der Waals surface area contributed by atoms with Crippen LogP contribution in [0.15, 0.2) is 30.0 Å². The van der Waals surface area contributed by atoms with Gasteiger partial charge in [0.15, 0.2) is 0 Å². The molecule has 2 fully saturated rings. The minimum Gasteiger partial charge on any atom is -0.496 e. The van der Waals surface area contributed by atoms with Gasteiger partial charge in [-0.1, -0.05) is 31.0 Å². The van der Waals surface area contributed by atoms with E-state index >= 15 is 0 Å². The summed E-state index contributed by atoms with van der Waals surface area (Å²) in [6.07, 6.45) is 7.08. The van der Waals surface area contributed by atoms with Gasteiger partial charge in [0.05, 0.1) is 11.6 Å². The summed E-state index contributed by atoms with van der Waals surface area (Å²) in [6, 6.07) is 7.50. The zero-order valence-corrected chi connectivity index (χ0v) is 17.4. The summed E-state index contributed by atoms with van der Waals surface area (Å²) in [5.74, 6) is 0.467. The number of piperidine rings is 1. The Bertz CT molecular complexity index is 720. The lowest BCUT2D eigenvalue weighted by molar-refractivity contribution is -0.131. The summed E-state index contributed by atoms with van der Waals surface area (Å²) >= 11 is 3.59. The summed E-state index contributed by atoms with van der Waals surface area (Å²) < 4.78 is 6.02. The zero-order valence-electron chi connectivity index (χ0n) is 15.8. The number of halogens is 1. The molecule has 2 aliphatic rings. The number of methoxy groups -OCH3 is 1. The highest BCUT2D eigenvalue weighted by molar-refractivity contribution is 9.15. The molecule has 1 N–H and O–H groups in total. The van der Waals surface area contributed by atoms with Crippen LogP contribution < -0.4 is 10.1 Å². The fourth-order valence-corrected chi connectivity index (χ4v) is 4.43. The Labute approximate surface area is 169 Å². The van der Waals surface area contributed by atoms with Gasteiger partial charge in [0.2, 0.25) is 5.91 Å². The maximum Gasteiger partial charge on any atom is 0.271 e. The predicted molar refractivity (Wildman–Crippen MR) is 109 cm³/mol. The van der Waals surface area contributed by atoms with Crippen LogP contribution in [-0.4, -0.2) is 36.9 Å². The van der Waals surface area contributed by atoms with E-state index in [0.717, 1.165) is 63.6 Å². The van der Waals surface area contributed by atoms with Crippen LogP contribution in [0.1, 0.15) is 50.5 Å². The monoisotopic (exact) mass is 434 g/mol. The molecule has 6 heteroatoms.